The van der Waals surface area contributed by atoms with Gasteiger partial charge in [-0.05, 0) is 92.9 Å². The van der Waals surface area contributed by atoms with Gasteiger partial charge in [0.05, 0.1) is 11.1 Å². The van der Waals surface area contributed by atoms with Crippen molar-refractivity contribution in [3.05, 3.63) is 123 Å². The minimum Gasteiger partial charge on any atom is -0.490 e. The Morgan fingerprint density at radius 3 is 2.39 bits per heavy atom. The van der Waals surface area contributed by atoms with Crippen LogP contribution < -0.4 is 10.3 Å². The molecule has 6 nitrogen and oxygen atoms in total. The lowest BCUT2D eigenvalue weighted by Crippen LogP contribution is -2.35. The molecule has 0 radical (unpaired) electrons. The molecule has 0 unspecified atom stereocenters. The number of nitrogens with zero attached hydrogens (tertiary/aromatic N) is 3. The van der Waals surface area contributed by atoms with Crippen LogP contribution in [0.2, 0.25) is 0 Å². The minimum absolute atomic E-state index is 0.0406. The Bertz CT molecular complexity index is 1980. The van der Waals surface area contributed by atoms with Crippen LogP contribution in [0.25, 0.3) is 27.7 Å². The van der Waals surface area contributed by atoms with Gasteiger partial charge < -0.3 is 9.64 Å². The summed E-state index contributed by atoms with van der Waals surface area (Å²) in [6, 6.07) is 21.6. The smallest absolute Gasteiger partial charge is 0.416 e. The average Bonchev–Trinajstić information content (AvgIpc) is 3.03. The highest BCUT2D eigenvalue weighted by Gasteiger charge is 2.32. The maximum Gasteiger partial charge on any atom is 0.416 e. The van der Waals surface area contributed by atoms with Gasteiger partial charge in [0.1, 0.15) is 11.9 Å². The van der Waals surface area contributed by atoms with E-state index >= 15 is 0 Å². The van der Waals surface area contributed by atoms with E-state index in [2.05, 4.69) is 9.88 Å². The Morgan fingerprint density at radius 2 is 1.67 bits per heavy atom. The van der Waals surface area contributed by atoms with E-state index in [1.807, 2.05) is 63.4 Å². The molecule has 6 rings (SSSR count). The zero-order valence-corrected chi connectivity index (χ0v) is 25.9. The molecule has 5 aromatic rings. The van der Waals surface area contributed by atoms with Crippen molar-refractivity contribution in [2.75, 3.05) is 20.1 Å². The molecular weight excluding hydrogens is 591 g/mol. The maximum atomic E-state index is 14.1. The summed E-state index contributed by atoms with van der Waals surface area (Å²) in [5, 5.41) is 0.769. The monoisotopic (exact) mass is 625 g/mol. The number of likely N-dealkylation sites (tertiary alicyclic amines) is 1. The molecule has 1 fully saturated rings. The number of carbonyl (C=O) groups is 1. The van der Waals surface area contributed by atoms with Crippen molar-refractivity contribution in [2.45, 2.75) is 45.4 Å². The Balaban J connectivity index is 1.36. The number of para-hydroxylation sites is 1. The molecule has 236 valence electrons. The fourth-order valence-corrected chi connectivity index (χ4v) is 5.98. The number of aryl methyl sites for hydroxylation is 2. The summed E-state index contributed by atoms with van der Waals surface area (Å²) in [5.74, 6) is -0.437. The summed E-state index contributed by atoms with van der Waals surface area (Å²) < 4.78 is 49.2. The summed E-state index contributed by atoms with van der Waals surface area (Å²) in [7, 11) is 1.99. The van der Waals surface area contributed by atoms with Gasteiger partial charge in [-0.25, -0.2) is 0 Å². The number of hydrogen-bond acceptors (Lipinski definition) is 5. The number of fused-ring (bicyclic) bond motifs is 1. The normalized spacial score (nSPS) is 14.5. The second kappa shape index (κ2) is 12.6. The van der Waals surface area contributed by atoms with Crippen molar-refractivity contribution in [3.63, 3.8) is 0 Å². The van der Waals surface area contributed by atoms with Crippen molar-refractivity contribution in [2.24, 2.45) is 0 Å². The number of alkyl halides is 3. The Kier molecular flexibility index (Phi) is 8.53. The fraction of sp³-hybridized carbons (Fsp3) is 0.270. The third-order valence-corrected chi connectivity index (χ3v) is 8.52. The Labute approximate surface area is 265 Å². The van der Waals surface area contributed by atoms with Crippen LogP contribution in [0, 0.1) is 13.8 Å². The van der Waals surface area contributed by atoms with Crippen molar-refractivity contribution in [1.82, 2.24) is 14.5 Å². The predicted octanol–water partition coefficient (Wildman–Crippen LogP) is 7.59. The standard InChI is InChI=1S/C37H34F3N3O3/c1-23-9-10-25(17-35(44)26-18-28(37(38,39)40)21-31(19-26)46-30-11-13-42(3)14-12-30)16-32(23)33-20-27-22-41-24(2)15-34(27)43(36(33)45)29-7-5-4-6-8-29/h4-10,15-16,18-22,30H,11-14,17H2,1-3H3. The maximum absolute atomic E-state index is 14.1. The lowest BCUT2D eigenvalue weighted by atomic mass is 9.94. The molecule has 0 aliphatic carbocycles. The lowest BCUT2D eigenvalue weighted by Gasteiger charge is -2.29. The Hall–Kier alpha value is -4.76. The number of Topliss-reactive ketones (excluding diaryl/α,β-unsaturated/α-hetero) is 1. The zero-order chi connectivity index (χ0) is 32.6. The van der Waals surface area contributed by atoms with Gasteiger partial charge >= 0.3 is 6.18 Å². The van der Waals surface area contributed by atoms with Gasteiger partial charge in [0.15, 0.2) is 5.78 Å². The number of ketones is 1. The molecule has 0 N–H and O–H groups in total. The van der Waals surface area contributed by atoms with E-state index < -0.39 is 17.5 Å². The number of piperidine rings is 1. The molecule has 2 aromatic heterocycles. The molecule has 0 bridgehead atoms. The van der Waals surface area contributed by atoms with Crippen molar-refractivity contribution < 1.29 is 22.7 Å². The predicted molar refractivity (Wildman–Crippen MR) is 173 cm³/mol. The van der Waals surface area contributed by atoms with Crippen LogP contribution in [-0.4, -0.2) is 46.5 Å². The van der Waals surface area contributed by atoms with Crippen LogP contribution in [0.3, 0.4) is 0 Å². The second-order valence-electron chi connectivity index (χ2n) is 12.0. The van der Waals surface area contributed by atoms with Crippen molar-refractivity contribution in [1.29, 1.82) is 0 Å². The van der Waals surface area contributed by atoms with Gasteiger partial charge in [0.2, 0.25) is 0 Å². The number of benzene rings is 3. The number of rotatable bonds is 7. The molecule has 3 heterocycles. The molecule has 1 aliphatic rings. The highest BCUT2D eigenvalue weighted by molar-refractivity contribution is 5.98. The summed E-state index contributed by atoms with van der Waals surface area (Å²) in [6.07, 6.45) is -1.89. The minimum atomic E-state index is -4.64. The van der Waals surface area contributed by atoms with E-state index in [1.54, 1.807) is 29.0 Å². The number of aromatic nitrogens is 2. The first-order chi connectivity index (χ1) is 22.0. The first-order valence-electron chi connectivity index (χ1n) is 15.2. The Morgan fingerprint density at radius 1 is 0.935 bits per heavy atom. The quantitative estimate of drug-likeness (QED) is 0.175. The molecule has 0 amide bonds. The number of carbonyl (C=O) groups excluding carboxylic acids is 1. The second-order valence-corrected chi connectivity index (χ2v) is 12.0. The summed E-state index contributed by atoms with van der Waals surface area (Å²) in [4.78, 5) is 34.2. The van der Waals surface area contributed by atoms with Gasteiger partial charge in [-0.2, -0.15) is 13.2 Å². The van der Waals surface area contributed by atoms with Crippen LogP contribution in [0.4, 0.5) is 13.2 Å². The zero-order valence-electron chi connectivity index (χ0n) is 25.9. The van der Waals surface area contributed by atoms with Crippen molar-refractivity contribution in [3.8, 4) is 22.6 Å². The third-order valence-electron chi connectivity index (χ3n) is 8.52. The number of hydrogen-bond donors (Lipinski definition) is 0. The fourth-order valence-electron chi connectivity index (χ4n) is 5.98. The molecular formula is C37H34F3N3O3. The molecule has 1 saturated heterocycles. The van der Waals surface area contributed by atoms with E-state index in [9.17, 15) is 22.8 Å². The average molecular weight is 626 g/mol. The van der Waals surface area contributed by atoms with E-state index in [1.165, 1.54) is 6.07 Å². The lowest BCUT2D eigenvalue weighted by molar-refractivity contribution is -0.137. The SMILES string of the molecule is Cc1cc2c(cn1)cc(-c1cc(CC(=O)c3cc(OC4CCN(C)CC4)cc(C(F)(F)F)c3)ccc1C)c(=O)n2-c1ccccc1. The van der Waals surface area contributed by atoms with E-state index in [4.69, 9.17) is 4.74 Å². The van der Waals surface area contributed by atoms with E-state index in [0.717, 1.165) is 47.4 Å². The first-order valence-corrected chi connectivity index (χ1v) is 15.2. The molecule has 0 spiro atoms. The van der Waals surface area contributed by atoms with Gasteiger partial charge in [-0.15, -0.1) is 0 Å². The number of ether oxygens (including phenoxy) is 1. The van der Waals surface area contributed by atoms with Gasteiger partial charge in [-0.3, -0.25) is 19.1 Å². The van der Waals surface area contributed by atoms with Crippen molar-refractivity contribution >= 4 is 16.7 Å². The number of pyridine rings is 2. The van der Waals surface area contributed by atoms with E-state index in [-0.39, 0.29) is 29.4 Å². The third kappa shape index (κ3) is 6.60. The van der Waals surface area contributed by atoms with Crippen LogP contribution in [0.1, 0.15) is 45.6 Å². The topological polar surface area (TPSA) is 64.4 Å². The highest BCUT2D eigenvalue weighted by Crippen LogP contribution is 2.34. The van der Waals surface area contributed by atoms with E-state index in [0.29, 0.717) is 35.2 Å². The summed E-state index contributed by atoms with van der Waals surface area (Å²) >= 11 is 0. The molecule has 0 atom stereocenters. The highest BCUT2D eigenvalue weighted by atomic mass is 19.4. The first kappa shape index (κ1) is 31.2. The molecule has 46 heavy (non-hydrogen) atoms. The summed E-state index contributed by atoms with van der Waals surface area (Å²) in [5.41, 5.74) is 3.44. The molecule has 3 aromatic carbocycles. The number of halogens is 3. The van der Waals surface area contributed by atoms with Gasteiger partial charge in [-0.1, -0.05) is 36.4 Å². The summed E-state index contributed by atoms with van der Waals surface area (Å²) in [6.45, 7) is 5.32. The largest absolute Gasteiger partial charge is 0.490 e. The van der Waals surface area contributed by atoms with Crippen LogP contribution in [0.5, 0.6) is 5.75 Å². The molecule has 1 aliphatic heterocycles. The molecule has 9 heteroatoms. The van der Waals surface area contributed by atoms with Gasteiger partial charge in [0.25, 0.3) is 5.56 Å². The van der Waals surface area contributed by atoms with Crippen LogP contribution in [-0.2, 0) is 12.6 Å². The van der Waals surface area contributed by atoms with Crippen LogP contribution in [0.15, 0.2) is 89.9 Å². The van der Waals surface area contributed by atoms with Crippen LogP contribution >= 0.6 is 0 Å². The molecule has 0 saturated carbocycles. The van der Waals surface area contributed by atoms with Gasteiger partial charge in [0, 0.05) is 53.6 Å².